The molecule has 7 nitrogen and oxygen atoms in total. The van der Waals surface area contributed by atoms with Crippen molar-refractivity contribution in [3.63, 3.8) is 0 Å². The highest BCUT2D eigenvalue weighted by atomic mass is 16.7. The fraction of sp³-hybridized carbons (Fsp3) is 0.714. The van der Waals surface area contributed by atoms with E-state index in [0.717, 1.165) is 6.42 Å². The van der Waals surface area contributed by atoms with Gasteiger partial charge in [0.1, 0.15) is 12.4 Å². The molecule has 1 aliphatic heterocycles. The second kappa shape index (κ2) is 7.02. The summed E-state index contributed by atoms with van der Waals surface area (Å²) in [7, 11) is 3.45. The van der Waals surface area contributed by atoms with E-state index in [0.29, 0.717) is 0 Å². The van der Waals surface area contributed by atoms with Crippen molar-refractivity contribution >= 4 is 5.91 Å². The molecule has 7 heteroatoms. The van der Waals surface area contributed by atoms with Crippen LogP contribution in [0.3, 0.4) is 0 Å². The molecular weight excluding hydrogens is 274 g/mol. The van der Waals surface area contributed by atoms with Crippen LogP contribution in [0.5, 0.6) is 0 Å². The lowest BCUT2D eigenvalue weighted by Crippen LogP contribution is -2.54. The molecular formula is C14H24N3O4+. The average Bonchev–Trinajstić information content (AvgIpc) is 2.84. The molecule has 2 heterocycles. The summed E-state index contributed by atoms with van der Waals surface area (Å²) in [6.45, 7) is 2.21. The normalized spacial score (nSPS) is 29.3. The number of aliphatic hydroxyl groups excluding tert-OH is 1. The number of nitrogens with zero attached hydrogens (tertiary/aromatic N) is 2. The van der Waals surface area contributed by atoms with Crippen molar-refractivity contribution in [1.29, 1.82) is 0 Å². The lowest BCUT2D eigenvalue weighted by molar-refractivity contribution is -0.671. The van der Waals surface area contributed by atoms with Gasteiger partial charge in [0.15, 0.2) is 12.8 Å². The molecule has 0 spiro atoms. The number of amides is 1. The van der Waals surface area contributed by atoms with Crippen molar-refractivity contribution in [2.75, 3.05) is 13.7 Å². The van der Waals surface area contributed by atoms with Crippen LogP contribution in [0.25, 0.3) is 0 Å². The van der Waals surface area contributed by atoms with Gasteiger partial charge in [-0.25, -0.2) is 9.13 Å². The van der Waals surface area contributed by atoms with Crippen molar-refractivity contribution in [3.8, 4) is 0 Å². The lowest BCUT2D eigenvalue weighted by Gasteiger charge is -2.39. The SMILES string of the molecule is COC1OC(CO)C(C)CC1NC(=O)Cn1cc[n+](C)c1. The molecule has 21 heavy (non-hydrogen) atoms. The Morgan fingerprint density at radius 1 is 1.62 bits per heavy atom. The first kappa shape index (κ1) is 15.9. The maximum Gasteiger partial charge on any atom is 0.262 e. The number of aryl methyl sites for hydroxylation is 1. The van der Waals surface area contributed by atoms with Gasteiger partial charge in [0, 0.05) is 7.11 Å². The van der Waals surface area contributed by atoms with Crippen LogP contribution in [0.15, 0.2) is 18.7 Å². The fourth-order valence-electron chi connectivity index (χ4n) is 2.65. The van der Waals surface area contributed by atoms with Gasteiger partial charge in [-0.2, -0.15) is 0 Å². The molecule has 1 amide bonds. The highest BCUT2D eigenvalue weighted by Gasteiger charge is 2.36. The van der Waals surface area contributed by atoms with Crippen molar-refractivity contribution in [1.82, 2.24) is 9.88 Å². The first-order valence-electron chi connectivity index (χ1n) is 7.13. The topological polar surface area (TPSA) is 76.6 Å². The van der Waals surface area contributed by atoms with Gasteiger partial charge in [-0.05, 0) is 12.3 Å². The summed E-state index contributed by atoms with van der Waals surface area (Å²) < 4.78 is 14.6. The van der Waals surface area contributed by atoms with E-state index in [9.17, 15) is 9.90 Å². The molecule has 0 saturated carbocycles. The summed E-state index contributed by atoms with van der Waals surface area (Å²) in [5.74, 6) is 0.0765. The van der Waals surface area contributed by atoms with E-state index in [1.807, 2.05) is 37.3 Å². The number of ether oxygens (including phenoxy) is 2. The Balaban J connectivity index is 1.92. The number of imidazole rings is 1. The number of nitrogens with one attached hydrogen (secondary N) is 1. The van der Waals surface area contributed by atoms with Crippen LogP contribution < -0.4 is 9.88 Å². The van der Waals surface area contributed by atoms with Gasteiger partial charge in [-0.1, -0.05) is 6.92 Å². The molecule has 0 radical (unpaired) electrons. The standard InChI is InChI=1S/C14H23N3O4/c1-10-6-11(14(20-3)21-12(10)8-18)15-13(19)7-17-5-4-16(2)9-17/h4-5,9-12,14,18H,6-8H2,1-3H3/p+1. The van der Waals surface area contributed by atoms with Gasteiger partial charge >= 0.3 is 0 Å². The number of aromatic nitrogens is 2. The fourth-order valence-corrected chi connectivity index (χ4v) is 2.65. The highest BCUT2D eigenvalue weighted by Crippen LogP contribution is 2.25. The van der Waals surface area contributed by atoms with Gasteiger partial charge in [0.25, 0.3) is 5.91 Å². The maximum atomic E-state index is 12.1. The summed E-state index contributed by atoms with van der Waals surface area (Å²) in [6, 6.07) is -0.204. The first-order valence-corrected chi connectivity index (χ1v) is 7.13. The van der Waals surface area contributed by atoms with Gasteiger partial charge in [-0.15, -0.1) is 0 Å². The summed E-state index contributed by atoms with van der Waals surface area (Å²) >= 11 is 0. The van der Waals surface area contributed by atoms with Gasteiger partial charge in [0.2, 0.25) is 6.33 Å². The largest absolute Gasteiger partial charge is 0.394 e. The van der Waals surface area contributed by atoms with Crippen LogP contribution in [0.2, 0.25) is 0 Å². The Hall–Kier alpha value is -1.44. The predicted octanol–water partition coefficient (Wildman–Crippen LogP) is -0.813. The molecule has 1 aromatic heterocycles. The van der Waals surface area contributed by atoms with E-state index in [4.69, 9.17) is 9.47 Å². The maximum absolute atomic E-state index is 12.1. The van der Waals surface area contributed by atoms with E-state index in [-0.39, 0.29) is 37.1 Å². The number of hydrogen-bond acceptors (Lipinski definition) is 4. The molecule has 1 saturated heterocycles. The summed E-state index contributed by atoms with van der Waals surface area (Å²) in [5, 5.41) is 12.2. The Bertz CT molecular complexity index is 477. The number of aliphatic hydroxyl groups is 1. The summed E-state index contributed by atoms with van der Waals surface area (Å²) in [6.07, 6.45) is 5.51. The molecule has 0 bridgehead atoms. The van der Waals surface area contributed by atoms with E-state index < -0.39 is 6.29 Å². The van der Waals surface area contributed by atoms with Crippen molar-refractivity contribution in [3.05, 3.63) is 18.7 Å². The third-order valence-corrected chi connectivity index (χ3v) is 3.81. The minimum absolute atomic E-state index is 0.0401. The first-order chi connectivity index (χ1) is 10.0. The highest BCUT2D eigenvalue weighted by molar-refractivity contribution is 5.76. The zero-order chi connectivity index (χ0) is 15.4. The van der Waals surface area contributed by atoms with Crippen molar-refractivity contribution in [2.24, 2.45) is 13.0 Å². The lowest BCUT2D eigenvalue weighted by atomic mass is 9.92. The Kier molecular flexibility index (Phi) is 5.33. The van der Waals surface area contributed by atoms with E-state index in [2.05, 4.69) is 5.32 Å². The molecule has 0 aliphatic carbocycles. The molecule has 4 unspecified atom stereocenters. The van der Waals surface area contributed by atoms with Crippen LogP contribution in [-0.2, 0) is 27.9 Å². The van der Waals surface area contributed by atoms with E-state index in [1.165, 1.54) is 0 Å². The smallest absolute Gasteiger partial charge is 0.262 e. The van der Waals surface area contributed by atoms with Crippen molar-refractivity contribution < 1.29 is 23.9 Å². The van der Waals surface area contributed by atoms with Gasteiger partial charge < -0.3 is 19.9 Å². The minimum Gasteiger partial charge on any atom is -0.394 e. The van der Waals surface area contributed by atoms with Gasteiger partial charge in [-0.3, -0.25) is 4.79 Å². The number of hydrogen-bond donors (Lipinski definition) is 2. The van der Waals surface area contributed by atoms with E-state index in [1.54, 1.807) is 11.7 Å². The van der Waals surface area contributed by atoms with Crippen LogP contribution in [0, 0.1) is 5.92 Å². The molecule has 1 aromatic rings. The Labute approximate surface area is 124 Å². The van der Waals surface area contributed by atoms with E-state index >= 15 is 0 Å². The number of carbonyl (C=O) groups is 1. The number of methoxy groups -OCH3 is 1. The monoisotopic (exact) mass is 298 g/mol. The van der Waals surface area contributed by atoms with Gasteiger partial charge in [0.05, 0.1) is 25.8 Å². The Morgan fingerprint density at radius 2 is 2.38 bits per heavy atom. The molecule has 118 valence electrons. The molecule has 1 fully saturated rings. The van der Waals surface area contributed by atoms with Crippen LogP contribution in [-0.4, -0.2) is 47.7 Å². The molecule has 4 atom stereocenters. The predicted molar refractivity (Wildman–Crippen MR) is 74.1 cm³/mol. The number of carbonyl (C=O) groups excluding carboxylic acids is 1. The third-order valence-electron chi connectivity index (χ3n) is 3.81. The second-order valence-corrected chi connectivity index (χ2v) is 5.60. The molecule has 2 N–H and O–H groups in total. The van der Waals surface area contributed by atoms with Crippen LogP contribution in [0.4, 0.5) is 0 Å². The van der Waals surface area contributed by atoms with Crippen molar-refractivity contribution in [2.45, 2.75) is 38.3 Å². The molecule has 1 aliphatic rings. The molecule has 2 rings (SSSR count). The zero-order valence-electron chi connectivity index (χ0n) is 12.7. The van der Waals surface area contributed by atoms with Crippen LogP contribution >= 0.6 is 0 Å². The average molecular weight is 298 g/mol. The molecule has 0 aromatic carbocycles. The Morgan fingerprint density at radius 3 is 2.95 bits per heavy atom. The summed E-state index contributed by atoms with van der Waals surface area (Å²) in [5.41, 5.74) is 0. The second-order valence-electron chi connectivity index (χ2n) is 5.60. The minimum atomic E-state index is -0.525. The summed E-state index contributed by atoms with van der Waals surface area (Å²) in [4.78, 5) is 12.1. The van der Waals surface area contributed by atoms with Crippen LogP contribution in [0.1, 0.15) is 13.3 Å². The zero-order valence-corrected chi connectivity index (χ0v) is 12.7. The third kappa shape index (κ3) is 4.03. The number of rotatable bonds is 5. The quantitative estimate of drug-likeness (QED) is 0.697.